The number of carbonyl (C=O) groups is 1. The van der Waals surface area contributed by atoms with Crippen molar-refractivity contribution < 1.29 is 18.3 Å². The van der Waals surface area contributed by atoms with Crippen LogP contribution in [0.25, 0.3) is 0 Å². The maximum absolute atomic E-state index is 13.3. The van der Waals surface area contributed by atoms with Crippen molar-refractivity contribution in [2.24, 2.45) is 0 Å². The van der Waals surface area contributed by atoms with E-state index in [-0.39, 0.29) is 5.75 Å². The zero-order valence-corrected chi connectivity index (χ0v) is 8.69. The molecule has 17 heavy (non-hydrogen) atoms. The first kappa shape index (κ1) is 11.3. The van der Waals surface area contributed by atoms with Crippen molar-refractivity contribution >= 4 is 5.97 Å². The molecule has 0 heterocycles. The van der Waals surface area contributed by atoms with Crippen molar-refractivity contribution in [1.82, 2.24) is 0 Å². The van der Waals surface area contributed by atoms with E-state index >= 15 is 0 Å². The van der Waals surface area contributed by atoms with Crippen molar-refractivity contribution in [2.45, 2.75) is 0 Å². The van der Waals surface area contributed by atoms with Gasteiger partial charge in [0, 0.05) is 0 Å². The molecule has 86 valence electrons. The van der Waals surface area contributed by atoms with Gasteiger partial charge in [-0.05, 0) is 30.3 Å². The van der Waals surface area contributed by atoms with E-state index in [2.05, 4.69) is 0 Å². The second kappa shape index (κ2) is 4.74. The Kier molecular flexibility index (Phi) is 3.14. The third-order valence-electron chi connectivity index (χ3n) is 2.10. The summed E-state index contributed by atoms with van der Waals surface area (Å²) in [7, 11) is 0. The molecule has 0 spiro atoms. The molecule has 0 radical (unpaired) electrons. The summed E-state index contributed by atoms with van der Waals surface area (Å²) in [5, 5.41) is 0. The Hall–Kier alpha value is -2.23. The van der Waals surface area contributed by atoms with Gasteiger partial charge in [0.1, 0.15) is 17.4 Å². The molecule has 0 unspecified atom stereocenters. The van der Waals surface area contributed by atoms with Gasteiger partial charge < -0.3 is 4.74 Å². The molecule has 0 aliphatic carbocycles. The van der Waals surface area contributed by atoms with Gasteiger partial charge in [-0.3, -0.25) is 0 Å². The lowest BCUT2D eigenvalue weighted by molar-refractivity contribution is 0.0729. The molecular weight excluding hydrogens is 226 g/mol. The molecule has 0 bridgehead atoms. The van der Waals surface area contributed by atoms with Crippen LogP contribution in [0, 0.1) is 11.6 Å². The van der Waals surface area contributed by atoms with Crippen LogP contribution in [0.2, 0.25) is 0 Å². The molecular formula is C13H8F2O2. The highest BCUT2D eigenvalue weighted by Crippen LogP contribution is 2.15. The van der Waals surface area contributed by atoms with Crippen LogP contribution < -0.4 is 4.74 Å². The molecule has 0 N–H and O–H groups in total. The second-order valence-electron chi connectivity index (χ2n) is 3.33. The number of ether oxygens (including phenoxy) is 1. The lowest BCUT2D eigenvalue weighted by Gasteiger charge is -2.04. The molecule has 0 saturated heterocycles. The van der Waals surface area contributed by atoms with Gasteiger partial charge >= 0.3 is 5.97 Å². The third kappa shape index (κ3) is 2.66. The number of carbonyl (C=O) groups excluding carboxylic acids is 1. The third-order valence-corrected chi connectivity index (χ3v) is 2.10. The monoisotopic (exact) mass is 234 g/mol. The molecule has 0 atom stereocenters. The highest BCUT2D eigenvalue weighted by molar-refractivity contribution is 5.91. The number of para-hydroxylation sites is 1. The van der Waals surface area contributed by atoms with E-state index < -0.39 is 23.2 Å². The maximum atomic E-state index is 13.3. The van der Waals surface area contributed by atoms with Crippen LogP contribution in [-0.2, 0) is 0 Å². The number of halogens is 2. The van der Waals surface area contributed by atoms with Gasteiger partial charge in [0.05, 0.1) is 5.56 Å². The normalized spacial score (nSPS) is 10.0. The summed E-state index contributed by atoms with van der Waals surface area (Å²) in [6.07, 6.45) is 0. The molecule has 0 amide bonds. The van der Waals surface area contributed by atoms with E-state index in [1.165, 1.54) is 0 Å². The zero-order chi connectivity index (χ0) is 12.3. The Labute approximate surface area is 96.5 Å². The first-order valence-corrected chi connectivity index (χ1v) is 4.89. The first-order chi connectivity index (χ1) is 8.16. The van der Waals surface area contributed by atoms with Crippen LogP contribution in [0.4, 0.5) is 8.78 Å². The average molecular weight is 234 g/mol. The highest BCUT2D eigenvalue weighted by atomic mass is 19.1. The van der Waals surface area contributed by atoms with Gasteiger partial charge in [-0.15, -0.1) is 0 Å². The van der Waals surface area contributed by atoms with Crippen LogP contribution in [0.1, 0.15) is 10.4 Å². The summed E-state index contributed by atoms with van der Waals surface area (Å²) >= 11 is 0. The summed E-state index contributed by atoms with van der Waals surface area (Å²) in [5.41, 5.74) is -0.422. The van der Waals surface area contributed by atoms with Crippen molar-refractivity contribution in [3.8, 4) is 5.75 Å². The largest absolute Gasteiger partial charge is 0.423 e. The Balaban J connectivity index is 2.23. The van der Waals surface area contributed by atoms with Crippen molar-refractivity contribution in [1.29, 1.82) is 0 Å². The van der Waals surface area contributed by atoms with Crippen LogP contribution in [-0.4, -0.2) is 5.97 Å². The average Bonchev–Trinajstić information content (AvgIpc) is 2.33. The quantitative estimate of drug-likeness (QED) is 0.589. The lowest BCUT2D eigenvalue weighted by Crippen LogP contribution is -2.11. The lowest BCUT2D eigenvalue weighted by atomic mass is 10.2. The minimum Gasteiger partial charge on any atom is -0.423 e. The van der Waals surface area contributed by atoms with Crippen molar-refractivity contribution in [2.75, 3.05) is 0 Å². The fraction of sp³-hybridized carbons (Fsp3) is 0. The van der Waals surface area contributed by atoms with E-state index in [0.29, 0.717) is 0 Å². The van der Waals surface area contributed by atoms with E-state index in [4.69, 9.17) is 4.74 Å². The Morgan fingerprint density at radius 1 is 1.00 bits per heavy atom. The van der Waals surface area contributed by atoms with Crippen molar-refractivity contribution in [3.05, 3.63) is 65.7 Å². The predicted molar refractivity (Wildman–Crippen MR) is 57.8 cm³/mol. The highest BCUT2D eigenvalue weighted by Gasteiger charge is 2.14. The number of esters is 1. The predicted octanol–water partition coefficient (Wildman–Crippen LogP) is 3.18. The topological polar surface area (TPSA) is 26.3 Å². The summed E-state index contributed by atoms with van der Waals surface area (Å²) in [6, 6.07) is 10.8. The second-order valence-corrected chi connectivity index (χ2v) is 3.33. The molecule has 0 aliphatic rings. The number of rotatable bonds is 2. The zero-order valence-electron chi connectivity index (χ0n) is 8.69. The number of benzene rings is 2. The van der Waals surface area contributed by atoms with E-state index in [9.17, 15) is 13.6 Å². The van der Waals surface area contributed by atoms with Crippen molar-refractivity contribution in [3.63, 3.8) is 0 Å². The van der Waals surface area contributed by atoms with E-state index in [0.717, 1.165) is 18.2 Å². The molecule has 0 fully saturated rings. The summed E-state index contributed by atoms with van der Waals surface area (Å²) in [6.45, 7) is 0. The van der Waals surface area contributed by atoms with Gasteiger partial charge in [0.2, 0.25) is 0 Å². The van der Waals surface area contributed by atoms with E-state index in [1.54, 1.807) is 30.3 Å². The fourth-order valence-electron chi connectivity index (χ4n) is 1.30. The van der Waals surface area contributed by atoms with Gasteiger partial charge in [-0.25, -0.2) is 13.6 Å². The fourth-order valence-corrected chi connectivity index (χ4v) is 1.30. The molecule has 0 saturated carbocycles. The SMILES string of the molecule is O=C(Oc1ccccc1)c1cc(F)ccc1F. The van der Waals surface area contributed by atoms with Crippen LogP contribution in [0.15, 0.2) is 48.5 Å². The Morgan fingerprint density at radius 2 is 1.71 bits per heavy atom. The molecule has 0 aromatic heterocycles. The Morgan fingerprint density at radius 3 is 2.41 bits per heavy atom. The van der Waals surface area contributed by atoms with Gasteiger partial charge in [-0.1, -0.05) is 18.2 Å². The van der Waals surface area contributed by atoms with Gasteiger partial charge in [-0.2, -0.15) is 0 Å². The van der Waals surface area contributed by atoms with E-state index in [1.807, 2.05) is 0 Å². The summed E-state index contributed by atoms with van der Waals surface area (Å²) < 4.78 is 31.0. The van der Waals surface area contributed by atoms with Crippen LogP contribution >= 0.6 is 0 Å². The first-order valence-electron chi connectivity index (χ1n) is 4.89. The minimum absolute atomic E-state index is 0.279. The van der Waals surface area contributed by atoms with Gasteiger partial charge in [0.15, 0.2) is 0 Å². The maximum Gasteiger partial charge on any atom is 0.346 e. The smallest absolute Gasteiger partial charge is 0.346 e. The molecule has 2 aromatic carbocycles. The number of hydrogen-bond donors (Lipinski definition) is 0. The molecule has 2 aromatic rings. The minimum atomic E-state index is -0.923. The number of hydrogen-bond acceptors (Lipinski definition) is 2. The Bertz CT molecular complexity index is 538. The molecule has 4 heteroatoms. The summed E-state index contributed by atoms with van der Waals surface area (Å²) in [4.78, 5) is 11.6. The molecule has 0 aliphatic heterocycles. The standard InChI is InChI=1S/C13H8F2O2/c14-9-6-7-12(15)11(8-9)13(16)17-10-4-2-1-3-5-10/h1-8H. The van der Waals surface area contributed by atoms with Crippen LogP contribution in [0.5, 0.6) is 5.75 Å². The van der Waals surface area contributed by atoms with Gasteiger partial charge in [0.25, 0.3) is 0 Å². The summed E-state index contributed by atoms with van der Waals surface area (Å²) in [5.74, 6) is -2.15. The molecule has 2 rings (SSSR count). The van der Waals surface area contributed by atoms with Crippen LogP contribution in [0.3, 0.4) is 0 Å². The molecule has 2 nitrogen and oxygen atoms in total.